The van der Waals surface area contributed by atoms with Crippen molar-refractivity contribution in [3.63, 3.8) is 0 Å². The summed E-state index contributed by atoms with van der Waals surface area (Å²) in [6.45, 7) is 8.10. The lowest BCUT2D eigenvalue weighted by Crippen LogP contribution is -2.69. The Balaban J connectivity index is 3.30. The van der Waals surface area contributed by atoms with Crippen molar-refractivity contribution in [3.05, 3.63) is 22.7 Å². The maximum Gasteiger partial charge on any atom is 0.212 e. The molecular formula is C10H18IN3+2. The van der Waals surface area contributed by atoms with E-state index >= 15 is 0 Å². The van der Waals surface area contributed by atoms with Crippen LogP contribution in [0.25, 0.3) is 0 Å². The molecule has 4 heteroatoms. The summed E-state index contributed by atoms with van der Waals surface area (Å²) in [5.41, 5.74) is 8.79. The van der Waals surface area contributed by atoms with Crippen molar-refractivity contribution in [1.82, 2.24) is 5.32 Å². The number of rotatable bonds is 2. The van der Waals surface area contributed by atoms with Crippen molar-refractivity contribution in [2.24, 2.45) is 5.92 Å². The van der Waals surface area contributed by atoms with Gasteiger partial charge < -0.3 is 11.1 Å². The molecule has 14 heavy (non-hydrogen) atoms. The maximum atomic E-state index is 4.10. The summed E-state index contributed by atoms with van der Waals surface area (Å²) in [6, 6.07) is 0. The van der Waals surface area contributed by atoms with Crippen LogP contribution in [0.2, 0.25) is 0 Å². The predicted octanol–water partition coefficient (Wildman–Crippen LogP) is -0.832. The fourth-order valence-corrected chi connectivity index (χ4v) is 2.55. The van der Waals surface area contributed by atoms with Crippen LogP contribution >= 0.6 is 22.6 Å². The molecule has 0 aromatic heterocycles. The first-order chi connectivity index (χ1) is 6.54. The van der Waals surface area contributed by atoms with E-state index < -0.39 is 0 Å². The van der Waals surface area contributed by atoms with E-state index in [1.165, 1.54) is 5.57 Å². The smallest absolute Gasteiger partial charge is 0.212 e. The van der Waals surface area contributed by atoms with E-state index in [4.69, 9.17) is 0 Å². The molecule has 0 spiro atoms. The third-order valence-corrected chi connectivity index (χ3v) is 4.81. The molecule has 2 atom stereocenters. The maximum absolute atomic E-state index is 4.10. The van der Waals surface area contributed by atoms with Gasteiger partial charge in [-0.05, 0) is 6.92 Å². The van der Waals surface area contributed by atoms with E-state index in [-0.39, 0.29) is 0 Å². The van der Waals surface area contributed by atoms with Crippen molar-refractivity contribution in [2.45, 2.75) is 17.8 Å². The van der Waals surface area contributed by atoms with Crippen LogP contribution < -0.4 is 16.0 Å². The topological polar surface area (TPSA) is 53.6 Å². The molecule has 0 heterocycles. The number of quaternary nitrogens is 1. The average Bonchev–Trinajstić information content (AvgIpc) is 2.20. The average molecular weight is 307 g/mol. The van der Waals surface area contributed by atoms with Crippen LogP contribution in [0.1, 0.15) is 13.8 Å². The Hall–Kier alpha value is -0.360. The summed E-state index contributed by atoms with van der Waals surface area (Å²) in [5, 5.41) is 3.19. The molecule has 0 aliphatic heterocycles. The van der Waals surface area contributed by atoms with Gasteiger partial charge in [0.1, 0.15) is 6.72 Å². The SMILES string of the molecule is C=[NH+]C1=C(NC)C([NH3+])=C(C)C(I)C1C. The minimum atomic E-state index is 0.459. The van der Waals surface area contributed by atoms with Crippen LogP contribution in [0.3, 0.4) is 0 Å². The second-order valence-electron chi connectivity index (χ2n) is 3.57. The Morgan fingerprint density at radius 3 is 2.57 bits per heavy atom. The van der Waals surface area contributed by atoms with Gasteiger partial charge in [0, 0.05) is 12.6 Å². The Morgan fingerprint density at radius 1 is 1.57 bits per heavy atom. The lowest BCUT2D eigenvalue weighted by Gasteiger charge is -2.24. The van der Waals surface area contributed by atoms with Crippen LogP contribution in [0, 0.1) is 5.92 Å². The molecule has 0 aromatic carbocycles. The fourth-order valence-electron chi connectivity index (χ4n) is 1.81. The highest BCUT2D eigenvalue weighted by atomic mass is 127. The van der Waals surface area contributed by atoms with Crippen LogP contribution in [0.4, 0.5) is 0 Å². The Morgan fingerprint density at radius 2 is 2.14 bits per heavy atom. The highest BCUT2D eigenvalue weighted by molar-refractivity contribution is 14.1. The van der Waals surface area contributed by atoms with E-state index in [0.29, 0.717) is 9.84 Å². The van der Waals surface area contributed by atoms with Gasteiger partial charge in [-0.15, -0.1) is 0 Å². The van der Waals surface area contributed by atoms with Gasteiger partial charge in [0.25, 0.3) is 0 Å². The zero-order chi connectivity index (χ0) is 10.9. The lowest BCUT2D eigenvalue weighted by molar-refractivity contribution is -0.400. The highest BCUT2D eigenvalue weighted by Gasteiger charge is 2.35. The monoisotopic (exact) mass is 307 g/mol. The molecule has 0 aromatic rings. The van der Waals surface area contributed by atoms with Crippen LogP contribution in [0.5, 0.6) is 0 Å². The van der Waals surface area contributed by atoms with Crippen LogP contribution in [0.15, 0.2) is 22.7 Å². The number of halogens is 1. The summed E-state index contributed by atoms with van der Waals surface area (Å²) >= 11 is 2.46. The van der Waals surface area contributed by atoms with Crippen LogP contribution in [-0.4, -0.2) is 17.7 Å². The second-order valence-corrected chi connectivity index (χ2v) is 4.91. The zero-order valence-electron chi connectivity index (χ0n) is 8.95. The van der Waals surface area contributed by atoms with E-state index in [9.17, 15) is 0 Å². The summed E-state index contributed by atoms with van der Waals surface area (Å²) in [7, 11) is 1.92. The highest BCUT2D eigenvalue weighted by Crippen LogP contribution is 2.32. The molecular weight excluding hydrogens is 289 g/mol. The number of likely N-dealkylation sites (N-methyl/N-ethyl adjacent to an activating group) is 1. The zero-order valence-corrected chi connectivity index (χ0v) is 11.1. The first-order valence-electron chi connectivity index (χ1n) is 4.66. The molecule has 2 unspecified atom stereocenters. The number of allylic oxidation sites excluding steroid dienone is 2. The molecule has 5 N–H and O–H groups in total. The van der Waals surface area contributed by atoms with Gasteiger partial charge in [-0.2, -0.15) is 0 Å². The third kappa shape index (κ3) is 1.72. The predicted molar refractivity (Wildman–Crippen MR) is 66.7 cm³/mol. The quantitative estimate of drug-likeness (QED) is 0.348. The van der Waals surface area contributed by atoms with Gasteiger partial charge in [-0.3, -0.25) is 0 Å². The molecule has 0 amide bonds. The molecule has 3 nitrogen and oxygen atoms in total. The van der Waals surface area contributed by atoms with Crippen LogP contribution in [-0.2, 0) is 0 Å². The third-order valence-electron chi connectivity index (χ3n) is 2.80. The Bertz CT molecular complexity index is 317. The molecule has 0 radical (unpaired) electrons. The van der Waals surface area contributed by atoms with Crippen molar-refractivity contribution >= 4 is 29.3 Å². The van der Waals surface area contributed by atoms with Crippen molar-refractivity contribution in [1.29, 1.82) is 0 Å². The largest absolute Gasteiger partial charge is 0.378 e. The minimum Gasteiger partial charge on any atom is -0.378 e. The Kier molecular flexibility index (Phi) is 3.71. The van der Waals surface area contributed by atoms with Crippen molar-refractivity contribution < 1.29 is 10.7 Å². The summed E-state index contributed by atoms with van der Waals surface area (Å²) in [5.74, 6) is 0.459. The second kappa shape index (κ2) is 4.44. The van der Waals surface area contributed by atoms with E-state index in [2.05, 4.69) is 59.2 Å². The molecule has 78 valence electrons. The van der Waals surface area contributed by atoms with Crippen molar-refractivity contribution in [3.8, 4) is 0 Å². The molecule has 0 fully saturated rings. The molecule has 1 rings (SSSR count). The number of alkyl halides is 1. The van der Waals surface area contributed by atoms with Gasteiger partial charge in [0.2, 0.25) is 5.70 Å². The standard InChI is InChI=1S/C10H16IN3/c1-5-7(11)6(2)9(13-3)10(14-4)8(5)12/h6-7,14H,3,12H2,1-2,4H3/p+2. The number of nitrogens with one attached hydrogen (secondary N) is 2. The lowest BCUT2D eigenvalue weighted by atomic mass is 9.90. The number of hydrogen-bond acceptors (Lipinski definition) is 1. The van der Waals surface area contributed by atoms with E-state index in [0.717, 1.165) is 17.1 Å². The van der Waals surface area contributed by atoms with Gasteiger partial charge in [0.05, 0.1) is 9.84 Å². The van der Waals surface area contributed by atoms with Gasteiger partial charge in [-0.25, -0.2) is 4.99 Å². The molecule has 1 aliphatic carbocycles. The summed E-state index contributed by atoms with van der Waals surface area (Å²) < 4.78 is 0.501. The van der Waals surface area contributed by atoms with Crippen molar-refractivity contribution in [2.75, 3.05) is 7.05 Å². The first kappa shape index (κ1) is 11.7. The first-order valence-corrected chi connectivity index (χ1v) is 5.91. The molecule has 0 bridgehead atoms. The number of hydrogen-bond donors (Lipinski definition) is 3. The van der Waals surface area contributed by atoms with Gasteiger partial charge in [0.15, 0.2) is 11.4 Å². The van der Waals surface area contributed by atoms with E-state index in [1.807, 2.05) is 7.05 Å². The fraction of sp³-hybridized carbons (Fsp3) is 0.500. The minimum absolute atomic E-state index is 0.459. The molecule has 0 saturated carbocycles. The Labute approximate surface area is 98.7 Å². The van der Waals surface area contributed by atoms with Gasteiger partial charge >= 0.3 is 0 Å². The van der Waals surface area contributed by atoms with E-state index in [1.54, 1.807) is 0 Å². The normalized spacial score (nSPS) is 28.1. The summed E-state index contributed by atoms with van der Waals surface area (Å²) in [6.07, 6.45) is 0. The molecule has 1 aliphatic rings. The molecule has 0 saturated heterocycles. The summed E-state index contributed by atoms with van der Waals surface area (Å²) in [4.78, 5) is 3.02. The van der Waals surface area contributed by atoms with Gasteiger partial charge in [-0.1, -0.05) is 29.5 Å².